The van der Waals surface area contributed by atoms with Crippen LogP contribution in [0.15, 0.2) is 18.2 Å². The van der Waals surface area contributed by atoms with Gasteiger partial charge >= 0.3 is 17.6 Å². The Bertz CT molecular complexity index is 643. The molecule has 0 aliphatic heterocycles. The Morgan fingerprint density at radius 3 is 2.48 bits per heavy atom. The minimum absolute atomic E-state index is 0.0489. The molecule has 124 valence electrons. The zero-order chi connectivity index (χ0) is 17.6. The third kappa shape index (κ3) is 4.95. The highest BCUT2D eigenvalue weighted by atomic mass is 16.6. The number of hydrogen-bond acceptors (Lipinski definition) is 6. The van der Waals surface area contributed by atoms with Gasteiger partial charge in [0, 0.05) is 18.1 Å². The molecular formula is C13H14N2O8. The minimum atomic E-state index is -1.42. The molecule has 0 aliphatic rings. The molecule has 1 rings (SSSR count). The number of nitrogens with one attached hydrogen (secondary N) is 1. The van der Waals surface area contributed by atoms with Crippen LogP contribution >= 0.6 is 0 Å². The van der Waals surface area contributed by atoms with E-state index in [0.717, 1.165) is 6.07 Å². The van der Waals surface area contributed by atoms with Crippen molar-refractivity contribution in [3.8, 4) is 5.75 Å². The van der Waals surface area contributed by atoms with Crippen molar-refractivity contribution in [3.05, 3.63) is 33.9 Å². The van der Waals surface area contributed by atoms with Crippen molar-refractivity contribution in [3.63, 3.8) is 0 Å². The number of carbonyl (C=O) groups excluding carboxylic acids is 1. The van der Waals surface area contributed by atoms with Crippen molar-refractivity contribution in [1.29, 1.82) is 0 Å². The van der Waals surface area contributed by atoms with Gasteiger partial charge in [-0.25, -0.2) is 4.79 Å². The first kappa shape index (κ1) is 17.9. The summed E-state index contributed by atoms with van der Waals surface area (Å²) in [5.41, 5.74) is -0.586. The lowest BCUT2D eigenvalue weighted by Crippen LogP contribution is -2.41. The van der Waals surface area contributed by atoms with Gasteiger partial charge in [0.05, 0.1) is 12.0 Å². The van der Waals surface area contributed by atoms with Crippen molar-refractivity contribution in [1.82, 2.24) is 5.32 Å². The molecule has 0 aliphatic carbocycles. The largest absolute Gasteiger partial charge is 0.490 e. The molecule has 10 nitrogen and oxygen atoms in total. The molecule has 0 saturated carbocycles. The van der Waals surface area contributed by atoms with E-state index in [1.165, 1.54) is 19.2 Å². The molecule has 1 aromatic carbocycles. The Hall–Kier alpha value is -3.17. The van der Waals surface area contributed by atoms with Gasteiger partial charge in [-0.1, -0.05) is 0 Å². The van der Waals surface area contributed by atoms with Gasteiger partial charge in [-0.15, -0.1) is 0 Å². The molecule has 1 unspecified atom stereocenters. The summed E-state index contributed by atoms with van der Waals surface area (Å²) in [6, 6.07) is 1.97. The number of nitro groups is 1. The number of aliphatic carboxylic acids is 2. The Balaban J connectivity index is 2.95. The van der Waals surface area contributed by atoms with E-state index in [2.05, 4.69) is 5.32 Å². The van der Waals surface area contributed by atoms with Crippen LogP contribution in [0.2, 0.25) is 0 Å². The Labute approximate surface area is 129 Å². The minimum Gasteiger partial charge on any atom is -0.490 e. The molecule has 0 saturated heterocycles. The van der Waals surface area contributed by atoms with Crippen LogP contribution in [0, 0.1) is 10.1 Å². The van der Waals surface area contributed by atoms with Crippen molar-refractivity contribution in [2.75, 3.05) is 7.11 Å². The predicted octanol–water partition coefficient (Wildman–Crippen LogP) is 0.651. The maximum atomic E-state index is 12.0. The standard InChI is InChI=1S/C13H14N2O8/c1-23-10-4-2-7(6-9(10)15(21)22)12(18)14-8(13(19)20)3-5-11(16)17/h2,4,6,8H,3,5H2,1H3,(H,14,18)(H,16,17)(H,19,20). The first-order valence-corrected chi connectivity index (χ1v) is 6.34. The summed E-state index contributed by atoms with van der Waals surface area (Å²) in [4.78, 5) is 43.6. The lowest BCUT2D eigenvalue weighted by Gasteiger charge is -2.13. The lowest BCUT2D eigenvalue weighted by atomic mass is 10.1. The number of rotatable bonds is 8. The van der Waals surface area contributed by atoms with Crippen LogP contribution in [0.3, 0.4) is 0 Å². The highest BCUT2D eigenvalue weighted by molar-refractivity contribution is 5.97. The summed E-state index contributed by atoms with van der Waals surface area (Å²) in [5, 5.41) is 30.6. The average molecular weight is 326 g/mol. The van der Waals surface area contributed by atoms with Crippen LogP contribution in [0.4, 0.5) is 5.69 Å². The molecule has 1 atom stereocenters. The first-order valence-electron chi connectivity index (χ1n) is 6.34. The van der Waals surface area contributed by atoms with Crippen LogP contribution in [-0.4, -0.2) is 46.1 Å². The molecule has 0 spiro atoms. The molecule has 3 N–H and O–H groups in total. The number of nitrogens with zero attached hydrogens (tertiary/aromatic N) is 1. The molecule has 0 heterocycles. The number of hydrogen-bond donors (Lipinski definition) is 3. The van der Waals surface area contributed by atoms with E-state index in [1.54, 1.807) is 0 Å². The summed E-state index contributed by atoms with van der Waals surface area (Å²) in [5.74, 6) is -3.52. The van der Waals surface area contributed by atoms with Gasteiger partial charge in [0.2, 0.25) is 0 Å². The molecule has 0 aromatic heterocycles. The normalized spacial score (nSPS) is 11.3. The highest BCUT2D eigenvalue weighted by Crippen LogP contribution is 2.27. The molecule has 1 amide bonds. The third-order valence-electron chi connectivity index (χ3n) is 2.89. The van der Waals surface area contributed by atoms with Crippen molar-refractivity contribution in [2.45, 2.75) is 18.9 Å². The number of ether oxygens (including phenoxy) is 1. The fraction of sp³-hybridized carbons (Fsp3) is 0.308. The molecule has 1 aromatic rings. The van der Waals surface area contributed by atoms with Gasteiger partial charge in [0.1, 0.15) is 6.04 Å². The molecular weight excluding hydrogens is 312 g/mol. The number of carbonyl (C=O) groups is 3. The number of methoxy groups -OCH3 is 1. The van der Waals surface area contributed by atoms with E-state index in [-0.39, 0.29) is 17.7 Å². The number of amides is 1. The molecule has 0 fully saturated rings. The summed E-state index contributed by atoms with van der Waals surface area (Å²) >= 11 is 0. The Morgan fingerprint density at radius 2 is 2.00 bits per heavy atom. The molecule has 0 bridgehead atoms. The zero-order valence-electron chi connectivity index (χ0n) is 12.0. The van der Waals surface area contributed by atoms with E-state index in [0.29, 0.717) is 0 Å². The SMILES string of the molecule is COc1ccc(C(=O)NC(CCC(=O)O)C(=O)O)cc1[N+](=O)[O-]. The summed E-state index contributed by atoms with van der Waals surface area (Å²) in [7, 11) is 1.23. The maximum absolute atomic E-state index is 12.0. The van der Waals surface area contributed by atoms with Crippen molar-refractivity contribution in [2.24, 2.45) is 0 Å². The van der Waals surface area contributed by atoms with Gasteiger partial charge < -0.3 is 20.3 Å². The number of benzene rings is 1. The molecule has 23 heavy (non-hydrogen) atoms. The van der Waals surface area contributed by atoms with Crippen LogP contribution in [0.5, 0.6) is 5.75 Å². The zero-order valence-corrected chi connectivity index (χ0v) is 12.0. The van der Waals surface area contributed by atoms with Gasteiger partial charge in [-0.05, 0) is 18.6 Å². The monoisotopic (exact) mass is 326 g/mol. The highest BCUT2D eigenvalue weighted by Gasteiger charge is 2.23. The second kappa shape index (κ2) is 7.73. The quantitative estimate of drug-likeness (QED) is 0.464. The topological polar surface area (TPSA) is 156 Å². The Kier molecular flexibility index (Phi) is 6.01. The summed E-state index contributed by atoms with van der Waals surface area (Å²) in [6.07, 6.45) is -0.755. The predicted molar refractivity (Wildman–Crippen MR) is 75.4 cm³/mol. The second-order valence-electron chi connectivity index (χ2n) is 4.44. The average Bonchev–Trinajstić information content (AvgIpc) is 2.49. The van der Waals surface area contributed by atoms with E-state index < -0.39 is 40.9 Å². The van der Waals surface area contributed by atoms with Crippen LogP contribution in [0.1, 0.15) is 23.2 Å². The van der Waals surface area contributed by atoms with E-state index in [1.807, 2.05) is 0 Å². The number of carboxylic acids is 2. The van der Waals surface area contributed by atoms with Crippen molar-refractivity contribution >= 4 is 23.5 Å². The van der Waals surface area contributed by atoms with Gasteiger partial charge in [-0.3, -0.25) is 19.7 Å². The van der Waals surface area contributed by atoms with Crippen LogP contribution in [0.25, 0.3) is 0 Å². The fourth-order valence-electron chi connectivity index (χ4n) is 1.74. The number of carboxylic acid groups (broad SMARTS) is 2. The smallest absolute Gasteiger partial charge is 0.326 e. The summed E-state index contributed by atoms with van der Waals surface area (Å²) < 4.78 is 4.79. The van der Waals surface area contributed by atoms with Crippen LogP contribution in [-0.2, 0) is 9.59 Å². The van der Waals surface area contributed by atoms with E-state index in [4.69, 9.17) is 14.9 Å². The van der Waals surface area contributed by atoms with Gasteiger partial charge in [0.15, 0.2) is 5.75 Å². The second-order valence-corrected chi connectivity index (χ2v) is 4.44. The van der Waals surface area contributed by atoms with Crippen molar-refractivity contribution < 1.29 is 34.3 Å². The lowest BCUT2D eigenvalue weighted by molar-refractivity contribution is -0.385. The van der Waals surface area contributed by atoms with E-state index >= 15 is 0 Å². The summed E-state index contributed by atoms with van der Waals surface area (Å²) in [6.45, 7) is 0. The Morgan fingerprint density at radius 1 is 1.35 bits per heavy atom. The molecule has 0 radical (unpaired) electrons. The maximum Gasteiger partial charge on any atom is 0.326 e. The first-order chi connectivity index (χ1) is 10.8. The fourth-order valence-corrected chi connectivity index (χ4v) is 1.74. The number of nitro benzene ring substituents is 1. The van der Waals surface area contributed by atoms with Gasteiger partial charge in [-0.2, -0.15) is 0 Å². The van der Waals surface area contributed by atoms with Crippen LogP contribution < -0.4 is 10.1 Å². The van der Waals surface area contributed by atoms with Gasteiger partial charge in [0.25, 0.3) is 5.91 Å². The van der Waals surface area contributed by atoms with E-state index in [9.17, 15) is 24.5 Å². The molecule has 10 heteroatoms. The third-order valence-corrected chi connectivity index (χ3v) is 2.89.